The van der Waals surface area contributed by atoms with Crippen LogP contribution in [0.2, 0.25) is 0 Å². The highest BCUT2D eigenvalue weighted by Crippen LogP contribution is 2.34. The maximum absolute atomic E-state index is 13.4. The van der Waals surface area contributed by atoms with Crippen LogP contribution in [0.15, 0.2) is 48.5 Å². The number of carbonyl (C=O) groups is 1. The Bertz CT molecular complexity index is 849. The maximum Gasteiger partial charge on any atom is 0.237 e. The first-order valence-electron chi connectivity index (χ1n) is 10.7. The second kappa shape index (κ2) is 9.23. The standard InChI is InChI=1S/C24H28F2N2O2/c25-20-7-3-18(4-8-20)16-28-13-1-2-22(28)23(29)27-17-24(11-14-30-15-12-24)19-5-9-21(26)10-6-19/h3-10,22H,1-2,11-17H2,(H,27,29). The second-order valence-electron chi connectivity index (χ2n) is 8.37. The smallest absolute Gasteiger partial charge is 0.237 e. The van der Waals surface area contributed by atoms with E-state index in [-0.39, 0.29) is 29.0 Å². The molecule has 0 spiro atoms. The Kier molecular flexibility index (Phi) is 6.44. The van der Waals surface area contributed by atoms with E-state index in [9.17, 15) is 13.6 Å². The van der Waals surface area contributed by atoms with Gasteiger partial charge in [0, 0.05) is 31.7 Å². The van der Waals surface area contributed by atoms with Crippen molar-refractivity contribution in [3.8, 4) is 0 Å². The average molecular weight is 414 g/mol. The molecule has 0 aliphatic carbocycles. The molecule has 1 atom stereocenters. The summed E-state index contributed by atoms with van der Waals surface area (Å²) < 4.78 is 32.1. The highest BCUT2D eigenvalue weighted by Gasteiger charge is 2.37. The van der Waals surface area contributed by atoms with E-state index < -0.39 is 0 Å². The lowest BCUT2D eigenvalue weighted by atomic mass is 9.74. The Balaban J connectivity index is 1.42. The fourth-order valence-corrected chi connectivity index (χ4v) is 4.64. The molecular formula is C24H28F2N2O2. The number of amides is 1. The predicted octanol–water partition coefficient (Wildman–Crippen LogP) is 3.79. The minimum Gasteiger partial charge on any atom is -0.381 e. The molecule has 4 nitrogen and oxygen atoms in total. The number of rotatable bonds is 6. The van der Waals surface area contributed by atoms with Gasteiger partial charge in [0.1, 0.15) is 11.6 Å². The van der Waals surface area contributed by atoms with Gasteiger partial charge in [-0.3, -0.25) is 9.69 Å². The Morgan fingerprint density at radius 2 is 1.67 bits per heavy atom. The molecule has 160 valence electrons. The summed E-state index contributed by atoms with van der Waals surface area (Å²) in [6.45, 7) is 3.27. The molecule has 2 aliphatic heterocycles. The summed E-state index contributed by atoms with van der Waals surface area (Å²) in [4.78, 5) is 15.2. The summed E-state index contributed by atoms with van der Waals surface area (Å²) in [6.07, 6.45) is 3.38. The molecule has 4 rings (SSSR count). The highest BCUT2D eigenvalue weighted by molar-refractivity contribution is 5.82. The first-order chi connectivity index (χ1) is 14.6. The number of carbonyl (C=O) groups excluding carboxylic acids is 1. The van der Waals surface area contributed by atoms with Gasteiger partial charge in [-0.05, 0) is 67.6 Å². The van der Waals surface area contributed by atoms with Gasteiger partial charge >= 0.3 is 0 Å². The van der Waals surface area contributed by atoms with Gasteiger partial charge in [-0.1, -0.05) is 24.3 Å². The molecular weight excluding hydrogens is 386 g/mol. The van der Waals surface area contributed by atoms with Gasteiger partial charge in [-0.15, -0.1) is 0 Å². The molecule has 1 unspecified atom stereocenters. The van der Waals surface area contributed by atoms with E-state index in [4.69, 9.17) is 4.74 Å². The molecule has 6 heteroatoms. The summed E-state index contributed by atoms with van der Waals surface area (Å²) in [7, 11) is 0. The largest absolute Gasteiger partial charge is 0.381 e. The Morgan fingerprint density at radius 1 is 1.03 bits per heavy atom. The molecule has 0 bridgehead atoms. The van der Waals surface area contributed by atoms with Crippen molar-refractivity contribution in [2.45, 2.75) is 43.7 Å². The van der Waals surface area contributed by atoms with Crippen molar-refractivity contribution in [1.29, 1.82) is 0 Å². The van der Waals surface area contributed by atoms with E-state index in [2.05, 4.69) is 10.2 Å². The van der Waals surface area contributed by atoms with Crippen LogP contribution in [0.1, 0.15) is 36.8 Å². The highest BCUT2D eigenvalue weighted by atomic mass is 19.1. The molecule has 0 radical (unpaired) electrons. The topological polar surface area (TPSA) is 41.6 Å². The normalized spacial score (nSPS) is 21.5. The quantitative estimate of drug-likeness (QED) is 0.782. The minimum absolute atomic E-state index is 0.0302. The van der Waals surface area contributed by atoms with Crippen LogP contribution in [0.3, 0.4) is 0 Å². The molecule has 2 aromatic rings. The number of ether oxygens (including phenoxy) is 1. The van der Waals surface area contributed by atoms with Crippen molar-refractivity contribution >= 4 is 5.91 Å². The third-order valence-electron chi connectivity index (χ3n) is 6.47. The molecule has 2 aliphatic rings. The van der Waals surface area contributed by atoms with Crippen LogP contribution in [-0.4, -0.2) is 43.2 Å². The van der Waals surface area contributed by atoms with Crippen LogP contribution in [0.5, 0.6) is 0 Å². The van der Waals surface area contributed by atoms with Crippen LogP contribution in [-0.2, 0) is 21.5 Å². The number of nitrogens with zero attached hydrogens (tertiary/aromatic N) is 1. The number of likely N-dealkylation sites (tertiary alicyclic amines) is 1. The van der Waals surface area contributed by atoms with Crippen molar-refractivity contribution < 1.29 is 18.3 Å². The zero-order chi connectivity index (χ0) is 21.0. The zero-order valence-electron chi connectivity index (χ0n) is 17.1. The zero-order valence-corrected chi connectivity index (χ0v) is 17.1. The molecule has 2 heterocycles. The van der Waals surface area contributed by atoms with Crippen molar-refractivity contribution in [1.82, 2.24) is 10.2 Å². The molecule has 1 amide bonds. The van der Waals surface area contributed by atoms with Crippen LogP contribution in [0, 0.1) is 11.6 Å². The molecule has 0 aromatic heterocycles. The van der Waals surface area contributed by atoms with Gasteiger partial charge in [0.25, 0.3) is 0 Å². The SMILES string of the molecule is O=C(NCC1(c2ccc(F)cc2)CCOCC1)C1CCCN1Cc1ccc(F)cc1. The fourth-order valence-electron chi connectivity index (χ4n) is 4.64. The maximum atomic E-state index is 13.4. The summed E-state index contributed by atoms with van der Waals surface area (Å²) in [5.41, 5.74) is 1.81. The van der Waals surface area contributed by atoms with E-state index in [0.717, 1.165) is 43.4 Å². The Labute approximate surface area is 176 Å². The van der Waals surface area contributed by atoms with Gasteiger partial charge in [0.2, 0.25) is 5.91 Å². The van der Waals surface area contributed by atoms with E-state index in [0.29, 0.717) is 26.3 Å². The first-order valence-corrected chi connectivity index (χ1v) is 10.7. The van der Waals surface area contributed by atoms with Crippen molar-refractivity contribution in [2.24, 2.45) is 0 Å². The van der Waals surface area contributed by atoms with Crippen LogP contribution in [0.4, 0.5) is 8.78 Å². The van der Waals surface area contributed by atoms with Crippen molar-refractivity contribution in [3.05, 3.63) is 71.3 Å². The number of hydrogen-bond donors (Lipinski definition) is 1. The third kappa shape index (κ3) is 4.71. The Morgan fingerprint density at radius 3 is 2.33 bits per heavy atom. The first kappa shape index (κ1) is 20.9. The van der Waals surface area contributed by atoms with Crippen molar-refractivity contribution in [3.63, 3.8) is 0 Å². The summed E-state index contributed by atoms with van der Waals surface area (Å²) >= 11 is 0. The van der Waals surface area contributed by atoms with E-state index >= 15 is 0 Å². The molecule has 2 fully saturated rings. The Hall–Kier alpha value is -2.31. The number of hydrogen-bond acceptors (Lipinski definition) is 3. The summed E-state index contributed by atoms with van der Waals surface area (Å²) in [5, 5.41) is 3.18. The van der Waals surface area contributed by atoms with Crippen LogP contribution >= 0.6 is 0 Å². The lowest BCUT2D eigenvalue weighted by molar-refractivity contribution is -0.126. The minimum atomic E-state index is -0.257. The number of nitrogens with one attached hydrogen (secondary N) is 1. The number of halogens is 2. The lowest BCUT2D eigenvalue weighted by Gasteiger charge is -2.38. The summed E-state index contributed by atoms with van der Waals surface area (Å²) in [5.74, 6) is -0.480. The molecule has 2 aromatic carbocycles. The lowest BCUT2D eigenvalue weighted by Crippen LogP contribution is -2.49. The van der Waals surface area contributed by atoms with E-state index in [1.165, 1.54) is 24.3 Å². The summed E-state index contributed by atoms with van der Waals surface area (Å²) in [6, 6.07) is 12.9. The van der Waals surface area contributed by atoms with Crippen LogP contribution < -0.4 is 5.32 Å². The number of benzene rings is 2. The van der Waals surface area contributed by atoms with E-state index in [1.807, 2.05) is 12.1 Å². The van der Waals surface area contributed by atoms with Gasteiger partial charge in [-0.25, -0.2) is 8.78 Å². The van der Waals surface area contributed by atoms with Gasteiger partial charge in [-0.2, -0.15) is 0 Å². The van der Waals surface area contributed by atoms with Gasteiger partial charge < -0.3 is 10.1 Å². The average Bonchev–Trinajstić information content (AvgIpc) is 3.23. The van der Waals surface area contributed by atoms with Crippen LogP contribution in [0.25, 0.3) is 0 Å². The monoisotopic (exact) mass is 414 g/mol. The van der Waals surface area contributed by atoms with Gasteiger partial charge in [0.05, 0.1) is 6.04 Å². The van der Waals surface area contributed by atoms with Gasteiger partial charge in [0.15, 0.2) is 0 Å². The third-order valence-corrected chi connectivity index (χ3v) is 6.47. The molecule has 2 saturated heterocycles. The predicted molar refractivity (Wildman–Crippen MR) is 111 cm³/mol. The molecule has 0 saturated carbocycles. The fraction of sp³-hybridized carbons (Fsp3) is 0.458. The second-order valence-corrected chi connectivity index (χ2v) is 8.37. The van der Waals surface area contributed by atoms with Crippen molar-refractivity contribution in [2.75, 3.05) is 26.3 Å². The molecule has 1 N–H and O–H groups in total. The van der Waals surface area contributed by atoms with E-state index in [1.54, 1.807) is 12.1 Å². The molecule has 30 heavy (non-hydrogen) atoms.